The predicted octanol–water partition coefficient (Wildman–Crippen LogP) is 3.66. The van der Waals surface area contributed by atoms with Gasteiger partial charge in [0.05, 0.1) is 0 Å². The van der Waals surface area contributed by atoms with E-state index in [-0.39, 0.29) is 5.56 Å². The highest BCUT2D eigenvalue weighted by atomic mass is 19.2. The molecule has 0 radical (unpaired) electrons. The molecule has 0 aliphatic carbocycles. The molecule has 0 saturated carbocycles. The van der Waals surface area contributed by atoms with E-state index in [4.69, 9.17) is 0 Å². The molecular formula is C14H10F3NO. The van der Waals surface area contributed by atoms with E-state index in [9.17, 15) is 18.0 Å². The molecule has 1 N–H and O–H groups in total. The SMILES string of the molecule is Cc1ccccc1NC(=O)c1cc(F)c(F)c(F)c1. The summed E-state index contributed by atoms with van der Waals surface area (Å²) in [5.74, 6) is -5.08. The van der Waals surface area contributed by atoms with Crippen molar-refractivity contribution in [1.29, 1.82) is 0 Å². The van der Waals surface area contributed by atoms with Gasteiger partial charge in [0.15, 0.2) is 17.5 Å². The standard InChI is InChI=1S/C14H10F3NO/c1-8-4-2-3-5-12(8)18-14(19)9-6-10(15)13(17)11(16)7-9/h2-7H,1H3,(H,18,19). The maximum absolute atomic E-state index is 13.0. The minimum Gasteiger partial charge on any atom is -0.322 e. The summed E-state index contributed by atoms with van der Waals surface area (Å²) in [7, 11) is 0. The highest BCUT2D eigenvalue weighted by Gasteiger charge is 2.15. The van der Waals surface area contributed by atoms with Gasteiger partial charge in [-0.3, -0.25) is 4.79 Å². The van der Waals surface area contributed by atoms with Crippen LogP contribution < -0.4 is 5.32 Å². The monoisotopic (exact) mass is 265 g/mol. The Morgan fingerprint density at radius 1 is 1.05 bits per heavy atom. The number of halogens is 3. The third kappa shape index (κ3) is 2.76. The topological polar surface area (TPSA) is 29.1 Å². The van der Waals surface area contributed by atoms with Crippen LogP contribution in [-0.2, 0) is 0 Å². The second-order valence-electron chi connectivity index (χ2n) is 4.02. The molecule has 0 atom stereocenters. The zero-order chi connectivity index (χ0) is 14.0. The highest BCUT2D eigenvalue weighted by Crippen LogP contribution is 2.17. The fourth-order valence-electron chi connectivity index (χ4n) is 1.59. The van der Waals surface area contributed by atoms with Gasteiger partial charge in [0.2, 0.25) is 0 Å². The first-order valence-electron chi connectivity index (χ1n) is 5.50. The molecule has 0 aromatic heterocycles. The summed E-state index contributed by atoms with van der Waals surface area (Å²) in [6.07, 6.45) is 0. The molecular weight excluding hydrogens is 255 g/mol. The van der Waals surface area contributed by atoms with Crippen LogP contribution in [-0.4, -0.2) is 5.91 Å². The lowest BCUT2D eigenvalue weighted by atomic mass is 10.1. The van der Waals surface area contributed by atoms with Gasteiger partial charge in [-0.2, -0.15) is 0 Å². The van der Waals surface area contributed by atoms with Crippen LogP contribution in [0.2, 0.25) is 0 Å². The van der Waals surface area contributed by atoms with E-state index >= 15 is 0 Å². The number of benzene rings is 2. The van der Waals surface area contributed by atoms with Crippen molar-refractivity contribution in [3.63, 3.8) is 0 Å². The lowest BCUT2D eigenvalue weighted by Gasteiger charge is -2.08. The summed E-state index contributed by atoms with van der Waals surface area (Å²) in [5, 5.41) is 2.51. The van der Waals surface area contributed by atoms with Crippen molar-refractivity contribution >= 4 is 11.6 Å². The molecule has 19 heavy (non-hydrogen) atoms. The summed E-state index contributed by atoms with van der Waals surface area (Å²) in [4.78, 5) is 11.8. The van der Waals surface area contributed by atoms with Crippen molar-refractivity contribution in [1.82, 2.24) is 0 Å². The Balaban J connectivity index is 2.28. The van der Waals surface area contributed by atoms with Crippen molar-refractivity contribution in [2.75, 3.05) is 5.32 Å². The average molecular weight is 265 g/mol. The quantitative estimate of drug-likeness (QED) is 0.825. The van der Waals surface area contributed by atoms with E-state index in [2.05, 4.69) is 5.32 Å². The van der Waals surface area contributed by atoms with Crippen molar-refractivity contribution < 1.29 is 18.0 Å². The lowest BCUT2D eigenvalue weighted by molar-refractivity contribution is 0.102. The van der Waals surface area contributed by atoms with Crippen molar-refractivity contribution in [2.24, 2.45) is 0 Å². The fourth-order valence-corrected chi connectivity index (χ4v) is 1.59. The predicted molar refractivity (Wildman–Crippen MR) is 65.4 cm³/mol. The Bertz CT molecular complexity index is 617. The average Bonchev–Trinajstić information content (AvgIpc) is 2.38. The Hall–Kier alpha value is -2.30. The Kier molecular flexibility index (Phi) is 3.55. The van der Waals surface area contributed by atoms with Crippen LogP contribution in [0.5, 0.6) is 0 Å². The Labute approximate surface area is 107 Å². The van der Waals surface area contributed by atoms with E-state index in [0.717, 1.165) is 5.56 Å². The molecule has 2 aromatic rings. The number of carbonyl (C=O) groups is 1. The molecule has 2 rings (SSSR count). The molecule has 0 heterocycles. The summed E-state index contributed by atoms with van der Waals surface area (Å²) >= 11 is 0. The van der Waals surface area contributed by atoms with Crippen LogP contribution in [0.25, 0.3) is 0 Å². The first kappa shape index (κ1) is 13.1. The number of aryl methyl sites for hydroxylation is 1. The minimum atomic E-state index is -1.59. The number of rotatable bonds is 2. The molecule has 1 amide bonds. The summed E-state index contributed by atoms with van der Waals surface area (Å²) in [5.41, 5.74) is 1.05. The van der Waals surface area contributed by atoms with Gasteiger partial charge in [-0.1, -0.05) is 18.2 Å². The zero-order valence-corrected chi connectivity index (χ0v) is 10.0. The van der Waals surface area contributed by atoms with Crippen LogP contribution >= 0.6 is 0 Å². The minimum absolute atomic E-state index is 0.278. The summed E-state index contributed by atoms with van der Waals surface area (Å²) in [6, 6.07) is 8.26. The number of nitrogens with one attached hydrogen (secondary N) is 1. The van der Waals surface area contributed by atoms with Crippen LogP contribution in [0.15, 0.2) is 36.4 Å². The number of anilines is 1. The molecule has 0 spiro atoms. The number of hydrogen-bond donors (Lipinski definition) is 1. The number of amides is 1. The van der Waals surface area contributed by atoms with Crippen LogP contribution in [0, 0.1) is 24.4 Å². The second kappa shape index (κ2) is 5.14. The molecule has 0 saturated heterocycles. The van der Waals surface area contributed by atoms with E-state index in [0.29, 0.717) is 17.8 Å². The Morgan fingerprint density at radius 2 is 1.63 bits per heavy atom. The number of carbonyl (C=O) groups excluding carboxylic acids is 1. The van der Waals surface area contributed by atoms with Crippen LogP contribution in [0.1, 0.15) is 15.9 Å². The van der Waals surface area contributed by atoms with Crippen molar-refractivity contribution in [2.45, 2.75) is 6.92 Å². The zero-order valence-electron chi connectivity index (χ0n) is 10.0. The van der Waals surface area contributed by atoms with E-state index in [1.165, 1.54) is 0 Å². The van der Waals surface area contributed by atoms with E-state index < -0.39 is 23.4 Å². The molecule has 98 valence electrons. The van der Waals surface area contributed by atoms with Gasteiger partial charge in [0.1, 0.15) is 0 Å². The maximum Gasteiger partial charge on any atom is 0.255 e. The number of hydrogen-bond acceptors (Lipinski definition) is 1. The largest absolute Gasteiger partial charge is 0.322 e. The van der Waals surface area contributed by atoms with Gasteiger partial charge in [-0.25, -0.2) is 13.2 Å². The van der Waals surface area contributed by atoms with Gasteiger partial charge >= 0.3 is 0 Å². The molecule has 0 aliphatic rings. The fraction of sp³-hybridized carbons (Fsp3) is 0.0714. The smallest absolute Gasteiger partial charge is 0.255 e. The van der Waals surface area contributed by atoms with E-state index in [1.54, 1.807) is 31.2 Å². The van der Waals surface area contributed by atoms with Gasteiger partial charge in [-0.15, -0.1) is 0 Å². The normalized spacial score (nSPS) is 10.3. The van der Waals surface area contributed by atoms with Gasteiger partial charge < -0.3 is 5.32 Å². The first-order valence-corrected chi connectivity index (χ1v) is 5.50. The van der Waals surface area contributed by atoms with Gasteiger partial charge in [0.25, 0.3) is 5.91 Å². The van der Waals surface area contributed by atoms with Crippen LogP contribution in [0.4, 0.5) is 18.9 Å². The summed E-state index contributed by atoms with van der Waals surface area (Å²) in [6.45, 7) is 1.78. The lowest BCUT2D eigenvalue weighted by Crippen LogP contribution is -2.14. The molecule has 2 aromatic carbocycles. The molecule has 0 bridgehead atoms. The van der Waals surface area contributed by atoms with E-state index in [1.807, 2.05) is 0 Å². The van der Waals surface area contributed by atoms with Crippen molar-refractivity contribution in [3.8, 4) is 0 Å². The third-order valence-corrected chi connectivity index (χ3v) is 2.64. The highest BCUT2D eigenvalue weighted by molar-refractivity contribution is 6.04. The maximum atomic E-state index is 13.0. The molecule has 0 aliphatic heterocycles. The van der Waals surface area contributed by atoms with Crippen LogP contribution in [0.3, 0.4) is 0 Å². The third-order valence-electron chi connectivity index (χ3n) is 2.64. The van der Waals surface area contributed by atoms with Gasteiger partial charge in [0, 0.05) is 11.3 Å². The Morgan fingerprint density at radius 3 is 2.21 bits per heavy atom. The first-order chi connectivity index (χ1) is 8.99. The molecule has 0 fully saturated rings. The number of para-hydroxylation sites is 1. The molecule has 0 unspecified atom stereocenters. The molecule has 2 nitrogen and oxygen atoms in total. The molecule has 5 heteroatoms. The van der Waals surface area contributed by atoms with Gasteiger partial charge in [-0.05, 0) is 30.7 Å². The summed E-state index contributed by atoms with van der Waals surface area (Å²) < 4.78 is 38.8. The second-order valence-corrected chi connectivity index (χ2v) is 4.02. The van der Waals surface area contributed by atoms with Crippen molar-refractivity contribution in [3.05, 3.63) is 65.0 Å².